The molecule has 4 heteroatoms. The van der Waals surface area contributed by atoms with E-state index in [0.29, 0.717) is 12.0 Å². The van der Waals surface area contributed by atoms with Crippen LogP contribution in [-0.2, 0) is 0 Å². The van der Waals surface area contributed by atoms with E-state index in [1.54, 1.807) is 24.1 Å². The maximum absolute atomic E-state index is 13.6. The van der Waals surface area contributed by atoms with Gasteiger partial charge >= 0.3 is 0 Å². The molecule has 0 aliphatic heterocycles. The fraction of sp³-hybridized carbons (Fsp3) is 0.538. The van der Waals surface area contributed by atoms with Crippen molar-refractivity contribution in [1.29, 1.82) is 0 Å². The van der Waals surface area contributed by atoms with Crippen molar-refractivity contribution in [3.05, 3.63) is 35.6 Å². The van der Waals surface area contributed by atoms with Crippen LogP contribution in [0.1, 0.15) is 37.8 Å². The molecule has 0 spiro atoms. The summed E-state index contributed by atoms with van der Waals surface area (Å²) < 4.78 is 16.8. The number of nitrogens with one attached hydrogen (secondary N) is 1. The van der Waals surface area contributed by atoms with Crippen molar-refractivity contribution in [1.82, 2.24) is 4.72 Å². The van der Waals surface area contributed by atoms with Crippen molar-refractivity contribution in [3.8, 4) is 0 Å². The average molecular weight is 257 g/mol. The van der Waals surface area contributed by atoms with Gasteiger partial charge in [0.2, 0.25) is 0 Å². The second-order valence-corrected chi connectivity index (χ2v) is 4.84. The summed E-state index contributed by atoms with van der Waals surface area (Å²) in [7, 11) is 0. The van der Waals surface area contributed by atoms with Gasteiger partial charge in [0.1, 0.15) is 5.82 Å². The summed E-state index contributed by atoms with van der Waals surface area (Å²) in [6.07, 6.45) is 2.82. The highest BCUT2D eigenvalue weighted by Gasteiger charge is 2.14. The molecule has 0 heterocycles. The summed E-state index contributed by atoms with van der Waals surface area (Å²) in [5, 5.41) is 9.02. The quantitative estimate of drug-likeness (QED) is 0.553. The molecule has 1 aromatic carbocycles. The number of rotatable bonds is 8. The van der Waals surface area contributed by atoms with Gasteiger partial charge in [-0.2, -0.15) is 0 Å². The maximum Gasteiger partial charge on any atom is 0.128 e. The zero-order chi connectivity index (χ0) is 12.5. The molecule has 2 nitrogen and oxygen atoms in total. The van der Waals surface area contributed by atoms with Gasteiger partial charge in [-0.05, 0) is 18.9 Å². The lowest BCUT2D eigenvalue weighted by Gasteiger charge is -2.18. The summed E-state index contributed by atoms with van der Waals surface area (Å²) in [5.41, 5.74) is 0.630. The molecule has 0 aliphatic carbocycles. The van der Waals surface area contributed by atoms with Crippen LogP contribution in [0, 0.1) is 5.82 Å². The first-order valence-electron chi connectivity index (χ1n) is 6.02. The third-order valence-electron chi connectivity index (χ3n) is 2.52. The lowest BCUT2D eigenvalue weighted by Crippen LogP contribution is -2.17. The Bertz CT molecular complexity index is 322. The second-order valence-electron chi connectivity index (χ2n) is 3.91. The molecule has 0 aromatic heterocycles. The van der Waals surface area contributed by atoms with Crippen LogP contribution in [0.4, 0.5) is 4.39 Å². The molecule has 0 bridgehead atoms. The predicted octanol–water partition coefficient (Wildman–Crippen LogP) is 3.29. The first-order chi connectivity index (χ1) is 8.29. The van der Waals surface area contributed by atoms with Crippen molar-refractivity contribution in [3.63, 3.8) is 0 Å². The maximum atomic E-state index is 13.6. The van der Waals surface area contributed by atoms with Crippen LogP contribution in [0.2, 0.25) is 0 Å². The minimum absolute atomic E-state index is 0.0559. The minimum Gasteiger partial charge on any atom is -0.396 e. The Balaban J connectivity index is 2.56. The van der Waals surface area contributed by atoms with Crippen molar-refractivity contribution >= 4 is 11.9 Å². The lowest BCUT2D eigenvalue weighted by atomic mass is 10.0. The van der Waals surface area contributed by atoms with E-state index < -0.39 is 0 Å². The first kappa shape index (κ1) is 14.5. The van der Waals surface area contributed by atoms with Gasteiger partial charge in [-0.3, -0.25) is 4.72 Å². The number of hydrogen-bond acceptors (Lipinski definition) is 3. The molecule has 0 aliphatic rings. The van der Waals surface area contributed by atoms with Crippen LogP contribution in [0.15, 0.2) is 24.3 Å². The fourth-order valence-corrected chi connectivity index (χ4v) is 2.54. The van der Waals surface area contributed by atoms with Gasteiger partial charge in [0.15, 0.2) is 0 Å². The Labute approximate surface area is 107 Å². The molecule has 0 saturated heterocycles. The molecule has 0 radical (unpaired) electrons. The molecule has 96 valence electrons. The van der Waals surface area contributed by atoms with Crippen LogP contribution in [0.25, 0.3) is 0 Å². The summed E-state index contributed by atoms with van der Waals surface area (Å²) >= 11 is 1.60. The van der Waals surface area contributed by atoms with E-state index >= 15 is 0 Å². The number of hydrogen-bond donors (Lipinski definition) is 2. The molecule has 17 heavy (non-hydrogen) atoms. The van der Waals surface area contributed by atoms with Crippen molar-refractivity contribution < 1.29 is 9.50 Å². The zero-order valence-corrected chi connectivity index (χ0v) is 11.0. The van der Waals surface area contributed by atoms with E-state index in [4.69, 9.17) is 5.11 Å². The highest BCUT2D eigenvalue weighted by molar-refractivity contribution is 7.97. The summed E-state index contributed by atoms with van der Waals surface area (Å²) in [5.74, 6) is 0.793. The van der Waals surface area contributed by atoms with Gasteiger partial charge in [0.05, 0.1) is 0 Å². The van der Waals surface area contributed by atoms with Crippen LogP contribution < -0.4 is 4.72 Å². The third-order valence-corrected chi connectivity index (χ3v) is 3.47. The Morgan fingerprint density at radius 2 is 2.18 bits per heavy atom. The highest BCUT2D eigenvalue weighted by atomic mass is 32.2. The van der Waals surface area contributed by atoms with E-state index in [-0.39, 0.29) is 18.5 Å². The molecular formula is C13H20FNOS. The Hall–Kier alpha value is -0.580. The van der Waals surface area contributed by atoms with Gasteiger partial charge in [-0.15, -0.1) is 0 Å². The van der Waals surface area contributed by atoms with E-state index in [9.17, 15) is 4.39 Å². The lowest BCUT2D eigenvalue weighted by molar-refractivity contribution is 0.272. The summed E-state index contributed by atoms with van der Waals surface area (Å²) in [4.78, 5) is 0. The van der Waals surface area contributed by atoms with Crippen LogP contribution in [0.3, 0.4) is 0 Å². The number of benzene rings is 1. The smallest absolute Gasteiger partial charge is 0.128 e. The molecular weight excluding hydrogens is 237 g/mol. The van der Waals surface area contributed by atoms with E-state index in [2.05, 4.69) is 11.6 Å². The van der Waals surface area contributed by atoms with E-state index in [1.807, 2.05) is 6.07 Å². The predicted molar refractivity (Wildman–Crippen MR) is 71.3 cm³/mol. The van der Waals surface area contributed by atoms with Crippen molar-refractivity contribution in [2.45, 2.75) is 32.2 Å². The SMILES string of the molecule is CCCCSNC(CCO)c1ccccc1F. The van der Waals surface area contributed by atoms with Gasteiger partial charge in [0, 0.05) is 24.0 Å². The molecule has 1 rings (SSSR count). The van der Waals surface area contributed by atoms with Gasteiger partial charge < -0.3 is 5.11 Å². The number of halogens is 1. The minimum atomic E-state index is -0.213. The standard InChI is InChI=1S/C13H20FNOS/c1-2-3-10-17-15-13(8-9-16)11-6-4-5-7-12(11)14/h4-7,13,15-16H,2-3,8-10H2,1H3. The highest BCUT2D eigenvalue weighted by Crippen LogP contribution is 2.22. The number of aliphatic hydroxyl groups is 1. The largest absolute Gasteiger partial charge is 0.396 e. The molecule has 1 unspecified atom stereocenters. The second kappa shape index (κ2) is 8.50. The molecule has 1 aromatic rings. The topological polar surface area (TPSA) is 32.3 Å². The fourth-order valence-electron chi connectivity index (χ4n) is 1.54. The zero-order valence-electron chi connectivity index (χ0n) is 10.2. The van der Waals surface area contributed by atoms with Crippen LogP contribution >= 0.6 is 11.9 Å². The number of unbranched alkanes of at least 4 members (excludes halogenated alkanes) is 1. The molecule has 0 fully saturated rings. The Morgan fingerprint density at radius 1 is 1.41 bits per heavy atom. The van der Waals surface area contributed by atoms with Gasteiger partial charge in [-0.25, -0.2) is 4.39 Å². The van der Waals surface area contributed by atoms with E-state index in [0.717, 1.165) is 18.6 Å². The van der Waals surface area contributed by atoms with Gasteiger partial charge in [0.25, 0.3) is 0 Å². The van der Waals surface area contributed by atoms with Crippen molar-refractivity contribution in [2.24, 2.45) is 0 Å². The monoisotopic (exact) mass is 257 g/mol. The molecule has 0 saturated carbocycles. The van der Waals surface area contributed by atoms with Crippen LogP contribution in [0.5, 0.6) is 0 Å². The molecule has 2 N–H and O–H groups in total. The summed E-state index contributed by atoms with van der Waals surface area (Å²) in [6.45, 7) is 2.20. The van der Waals surface area contributed by atoms with Gasteiger partial charge in [-0.1, -0.05) is 43.5 Å². The third kappa shape index (κ3) is 5.06. The number of aliphatic hydroxyl groups excluding tert-OH is 1. The first-order valence-corrected chi connectivity index (χ1v) is 7.00. The Kier molecular flexibility index (Phi) is 7.24. The Morgan fingerprint density at radius 3 is 2.82 bits per heavy atom. The summed E-state index contributed by atoms with van der Waals surface area (Å²) in [6, 6.07) is 6.60. The van der Waals surface area contributed by atoms with Crippen molar-refractivity contribution in [2.75, 3.05) is 12.4 Å². The molecule has 0 amide bonds. The normalized spacial score (nSPS) is 12.6. The van der Waals surface area contributed by atoms with Crippen LogP contribution in [-0.4, -0.2) is 17.5 Å². The van der Waals surface area contributed by atoms with E-state index in [1.165, 1.54) is 6.07 Å². The average Bonchev–Trinajstić information content (AvgIpc) is 2.34. The molecule has 1 atom stereocenters.